The molecule has 0 fully saturated rings. The summed E-state index contributed by atoms with van der Waals surface area (Å²) in [5, 5.41) is 0. The lowest BCUT2D eigenvalue weighted by atomic mass is 9.98. The Bertz CT molecular complexity index is 475. The monoisotopic (exact) mass is 263 g/mol. The van der Waals surface area contributed by atoms with Crippen molar-refractivity contribution in [1.82, 2.24) is 4.98 Å². The maximum Gasteiger partial charge on any atom is 0.317 e. The van der Waals surface area contributed by atoms with Crippen LogP contribution in [0.25, 0.3) is 0 Å². The maximum atomic E-state index is 12.3. The molecule has 0 bridgehead atoms. The standard InChI is InChI=1S/C15H21NO3/c1-6-11-8-7-9-16-12(11)13(17)10(2)14(18)19-15(3,4)5/h7-10H,6H2,1-5H3. The lowest BCUT2D eigenvalue weighted by molar-refractivity contribution is -0.157. The zero-order valence-electron chi connectivity index (χ0n) is 12.2. The number of hydrogen-bond donors (Lipinski definition) is 0. The molecule has 4 heteroatoms. The lowest BCUT2D eigenvalue weighted by Crippen LogP contribution is -2.31. The first-order chi connectivity index (χ1) is 8.76. The highest BCUT2D eigenvalue weighted by Gasteiger charge is 2.29. The minimum Gasteiger partial charge on any atom is -0.459 e. The van der Waals surface area contributed by atoms with Crippen LogP contribution in [0.2, 0.25) is 0 Å². The van der Waals surface area contributed by atoms with Crippen molar-refractivity contribution in [2.24, 2.45) is 5.92 Å². The highest BCUT2D eigenvalue weighted by molar-refractivity contribution is 6.08. The molecule has 0 aromatic carbocycles. The molecule has 0 aliphatic heterocycles. The van der Waals surface area contributed by atoms with Crippen molar-refractivity contribution >= 4 is 11.8 Å². The molecule has 0 aliphatic rings. The van der Waals surface area contributed by atoms with Crippen LogP contribution in [0.15, 0.2) is 18.3 Å². The summed E-state index contributed by atoms with van der Waals surface area (Å²) in [7, 11) is 0. The Morgan fingerprint density at radius 2 is 2.00 bits per heavy atom. The highest BCUT2D eigenvalue weighted by Crippen LogP contribution is 2.16. The van der Waals surface area contributed by atoms with Gasteiger partial charge in [0.15, 0.2) is 5.78 Å². The molecule has 104 valence electrons. The van der Waals surface area contributed by atoms with E-state index in [-0.39, 0.29) is 5.78 Å². The molecule has 1 atom stereocenters. The van der Waals surface area contributed by atoms with Crippen molar-refractivity contribution < 1.29 is 14.3 Å². The topological polar surface area (TPSA) is 56.3 Å². The molecule has 1 rings (SSSR count). The molecule has 1 heterocycles. The number of nitrogens with zero attached hydrogens (tertiary/aromatic N) is 1. The van der Waals surface area contributed by atoms with Crippen LogP contribution in [0, 0.1) is 5.92 Å². The number of esters is 1. The molecule has 0 aliphatic carbocycles. The van der Waals surface area contributed by atoms with Crippen molar-refractivity contribution in [2.45, 2.75) is 46.6 Å². The Morgan fingerprint density at radius 1 is 1.37 bits per heavy atom. The number of ether oxygens (including phenoxy) is 1. The van der Waals surface area contributed by atoms with Crippen molar-refractivity contribution in [3.05, 3.63) is 29.6 Å². The Morgan fingerprint density at radius 3 is 2.53 bits per heavy atom. The second-order valence-corrected chi connectivity index (χ2v) is 5.48. The maximum absolute atomic E-state index is 12.3. The third-order valence-electron chi connectivity index (χ3n) is 2.66. The lowest BCUT2D eigenvalue weighted by Gasteiger charge is -2.21. The van der Waals surface area contributed by atoms with Crippen LogP contribution in [0.4, 0.5) is 0 Å². The number of Topliss-reactive ketones (excluding diaryl/α,β-unsaturated/α-hetero) is 1. The summed E-state index contributed by atoms with van der Waals surface area (Å²) < 4.78 is 5.23. The zero-order chi connectivity index (χ0) is 14.6. The van der Waals surface area contributed by atoms with E-state index in [1.54, 1.807) is 40.0 Å². The van der Waals surface area contributed by atoms with Gasteiger partial charge in [0.25, 0.3) is 0 Å². The predicted octanol–water partition coefficient (Wildman–Crippen LogP) is 2.80. The Hall–Kier alpha value is -1.71. The van der Waals surface area contributed by atoms with Gasteiger partial charge in [-0.15, -0.1) is 0 Å². The number of rotatable bonds is 4. The summed E-state index contributed by atoms with van der Waals surface area (Å²) in [5.41, 5.74) is 0.620. The smallest absolute Gasteiger partial charge is 0.317 e. The average Bonchev–Trinajstić information content (AvgIpc) is 2.34. The van der Waals surface area contributed by atoms with Gasteiger partial charge in [0.05, 0.1) is 0 Å². The van der Waals surface area contributed by atoms with E-state index in [0.717, 1.165) is 5.56 Å². The van der Waals surface area contributed by atoms with Crippen LogP contribution in [0.1, 0.15) is 50.7 Å². The first-order valence-electron chi connectivity index (χ1n) is 6.47. The van der Waals surface area contributed by atoms with Gasteiger partial charge in [-0.2, -0.15) is 0 Å². The van der Waals surface area contributed by atoms with Gasteiger partial charge in [0.2, 0.25) is 0 Å². The van der Waals surface area contributed by atoms with E-state index in [9.17, 15) is 9.59 Å². The van der Waals surface area contributed by atoms with Crippen molar-refractivity contribution in [3.8, 4) is 0 Å². The quantitative estimate of drug-likeness (QED) is 0.476. The molecule has 0 amide bonds. The minimum absolute atomic E-state index is 0.285. The highest BCUT2D eigenvalue weighted by atomic mass is 16.6. The molecule has 1 aromatic rings. The van der Waals surface area contributed by atoms with Gasteiger partial charge in [0, 0.05) is 6.20 Å². The molecular formula is C15H21NO3. The van der Waals surface area contributed by atoms with Crippen LogP contribution in [0.5, 0.6) is 0 Å². The van der Waals surface area contributed by atoms with Crippen molar-refractivity contribution in [1.29, 1.82) is 0 Å². The summed E-state index contributed by atoms with van der Waals surface area (Å²) in [6.45, 7) is 8.84. The number of carbonyl (C=O) groups is 2. The van der Waals surface area contributed by atoms with E-state index < -0.39 is 17.5 Å². The Balaban J connectivity index is 2.91. The number of ketones is 1. The second kappa shape index (κ2) is 5.95. The van der Waals surface area contributed by atoms with Gasteiger partial charge in [-0.1, -0.05) is 13.0 Å². The van der Waals surface area contributed by atoms with Gasteiger partial charge in [-0.3, -0.25) is 14.6 Å². The number of pyridine rings is 1. The van der Waals surface area contributed by atoms with E-state index in [0.29, 0.717) is 12.1 Å². The average molecular weight is 263 g/mol. The largest absolute Gasteiger partial charge is 0.459 e. The summed E-state index contributed by atoms with van der Waals surface area (Å²) >= 11 is 0. The summed E-state index contributed by atoms with van der Waals surface area (Å²) in [5.74, 6) is -1.63. The summed E-state index contributed by atoms with van der Waals surface area (Å²) in [6, 6.07) is 3.63. The molecule has 0 radical (unpaired) electrons. The van der Waals surface area contributed by atoms with Crippen LogP contribution in [0.3, 0.4) is 0 Å². The van der Waals surface area contributed by atoms with Crippen molar-refractivity contribution in [3.63, 3.8) is 0 Å². The number of carbonyl (C=O) groups excluding carboxylic acids is 2. The fourth-order valence-electron chi connectivity index (χ4n) is 1.65. The first-order valence-corrected chi connectivity index (χ1v) is 6.47. The Kier molecular flexibility index (Phi) is 4.81. The molecule has 0 spiro atoms. The molecule has 0 saturated carbocycles. The predicted molar refractivity (Wildman–Crippen MR) is 73.0 cm³/mol. The van der Waals surface area contributed by atoms with Crippen LogP contribution in [-0.2, 0) is 16.0 Å². The van der Waals surface area contributed by atoms with Crippen molar-refractivity contribution in [2.75, 3.05) is 0 Å². The van der Waals surface area contributed by atoms with Crippen LogP contribution < -0.4 is 0 Å². The van der Waals surface area contributed by atoms with Gasteiger partial charge >= 0.3 is 5.97 Å². The molecule has 1 aromatic heterocycles. The third kappa shape index (κ3) is 4.16. The number of hydrogen-bond acceptors (Lipinski definition) is 4. The van der Waals surface area contributed by atoms with Crippen LogP contribution >= 0.6 is 0 Å². The molecule has 4 nitrogen and oxygen atoms in total. The van der Waals surface area contributed by atoms with E-state index >= 15 is 0 Å². The van der Waals surface area contributed by atoms with Gasteiger partial charge in [0.1, 0.15) is 17.2 Å². The fourth-order valence-corrected chi connectivity index (χ4v) is 1.65. The third-order valence-corrected chi connectivity index (χ3v) is 2.66. The minimum atomic E-state index is -0.834. The number of aryl methyl sites for hydroxylation is 1. The second-order valence-electron chi connectivity index (χ2n) is 5.48. The fraction of sp³-hybridized carbons (Fsp3) is 0.533. The SMILES string of the molecule is CCc1cccnc1C(=O)C(C)C(=O)OC(C)(C)C. The van der Waals surface area contributed by atoms with E-state index in [4.69, 9.17) is 4.74 Å². The van der Waals surface area contributed by atoms with E-state index in [1.807, 2.05) is 13.0 Å². The van der Waals surface area contributed by atoms with Gasteiger partial charge in [-0.05, 0) is 45.7 Å². The number of aromatic nitrogens is 1. The first kappa shape index (κ1) is 15.3. The summed E-state index contributed by atoms with van der Waals surface area (Å²) in [6.07, 6.45) is 2.27. The summed E-state index contributed by atoms with van der Waals surface area (Å²) in [4.78, 5) is 28.3. The van der Waals surface area contributed by atoms with Crippen LogP contribution in [-0.4, -0.2) is 22.3 Å². The zero-order valence-corrected chi connectivity index (χ0v) is 12.2. The van der Waals surface area contributed by atoms with E-state index in [2.05, 4.69) is 4.98 Å². The molecule has 0 saturated heterocycles. The molecule has 1 unspecified atom stereocenters. The molecular weight excluding hydrogens is 242 g/mol. The van der Waals surface area contributed by atoms with Gasteiger partial charge < -0.3 is 4.74 Å². The van der Waals surface area contributed by atoms with Gasteiger partial charge in [-0.25, -0.2) is 0 Å². The molecule has 0 N–H and O–H groups in total. The van der Waals surface area contributed by atoms with E-state index in [1.165, 1.54) is 0 Å². The molecule has 19 heavy (non-hydrogen) atoms. The normalized spacial score (nSPS) is 12.9. The Labute approximate surface area is 114 Å².